The van der Waals surface area contributed by atoms with Crippen molar-refractivity contribution in [3.8, 4) is 0 Å². The molecule has 0 unspecified atom stereocenters. The van der Waals surface area contributed by atoms with E-state index < -0.39 is 0 Å². The first-order valence-corrected chi connectivity index (χ1v) is 5.35. The lowest BCUT2D eigenvalue weighted by Gasteiger charge is -2.09. The zero-order valence-electron chi connectivity index (χ0n) is 10.4. The average Bonchev–Trinajstić information content (AvgIpc) is 2.20. The summed E-state index contributed by atoms with van der Waals surface area (Å²) in [5.74, 6) is 0.144. The highest BCUT2D eigenvalue weighted by molar-refractivity contribution is 5.78. The van der Waals surface area contributed by atoms with Crippen LogP contribution in [-0.4, -0.2) is 24.9 Å². The van der Waals surface area contributed by atoms with Crippen LogP contribution in [0.1, 0.15) is 25.0 Å². The van der Waals surface area contributed by atoms with Crippen LogP contribution in [0.3, 0.4) is 0 Å². The Bertz CT molecular complexity index is 305. The van der Waals surface area contributed by atoms with Crippen molar-refractivity contribution in [2.24, 2.45) is 0 Å². The fraction of sp³-hybridized carbons (Fsp3) is 0.462. The number of benzene rings is 1. The molecule has 0 N–H and O–H groups in total. The van der Waals surface area contributed by atoms with E-state index >= 15 is 0 Å². The first kappa shape index (κ1) is 13.7. The van der Waals surface area contributed by atoms with Crippen LogP contribution >= 0.6 is 0 Å². The summed E-state index contributed by atoms with van der Waals surface area (Å²) in [4.78, 5) is 13.0. The lowest BCUT2D eigenvalue weighted by molar-refractivity contribution is -0.127. The summed E-state index contributed by atoms with van der Waals surface area (Å²) in [5.41, 5.74) is 2.28. The fourth-order valence-corrected chi connectivity index (χ4v) is 1.15. The molecule has 15 heavy (non-hydrogen) atoms. The zero-order valence-corrected chi connectivity index (χ0v) is 10.4. The molecule has 0 saturated carbocycles. The zero-order chi connectivity index (χ0) is 11.8. The maximum absolute atomic E-state index is 11.3. The van der Waals surface area contributed by atoms with Gasteiger partial charge in [0.2, 0.25) is 5.91 Å². The molecule has 0 saturated heterocycles. The monoisotopic (exact) mass is 207 g/mol. The van der Waals surface area contributed by atoms with Crippen LogP contribution in [0.2, 0.25) is 0 Å². The molecule has 1 amide bonds. The summed E-state index contributed by atoms with van der Waals surface area (Å²) >= 11 is 0. The summed E-state index contributed by atoms with van der Waals surface area (Å²) in [6.07, 6.45) is 0.495. The van der Waals surface area contributed by atoms with Gasteiger partial charge in [0.15, 0.2) is 0 Å². The third kappa shape index (κ3) is 5.21. The Morgan fingerprint density at radius 2 is 1.87 bits per heavy atom. The van der Waals surface area contributed by atoms with Gasteiger partial charge in [0.05, 0.1) is 6.42 Å². The van der Waals surface area contributed by atoms with E-state index in [2.05, 4.69) is 0 Å². The van der Waals surface area contributed by atoms with Gasteiger partial charge in [-0.25, -0.2) is 0 Å². The molecule has 0 aliphatic rings. The van der Waals surface area contributed by atoms with Gasteiger partial charge in [0.25, 0.3) is 0 Å². The standard InChI is InChI=1S/C11H15NO.C2H6/c1-9-5-4-6-10(7-9)8-11(13)12(2)3;1-2/h4-7H,8H2,1-3H3;1-2H3. The number of hydrogen-bond donors (Lipinski definition) is 0. The van der Waals surface area contributed by atoms with Crippen molar-refractivity contribution in [2.75, 3.05) is 14.1 Å². The van der Waals surface area contributed by atoms with Crippen molar-refractivity contribution >= 4 is 5.91 Å². The number of carbonyl (C=O) groups excluding carboxylic acids is 1. The van der Waals surface area contributed by atoms with E-state index in [0.29, 0.717) is 6.42 Å². The second-order valence-corrected chi connectivity index (χ2v) is 3.45. The van der Waals surface area contributed by atoms with Crippen LogP contribution in [0.15, 0.2) is 24.3 Å². The minimum atomic E-state index is 0.144. The Labute approximate surface area is 92.9 Å². The Balaban J connectivity index is 0.000000921. The second-order valence-electron chi connectivity index (χ2n) is 3.45. The number of rotatable bonds is 2. The van der Waals surface area contributed by atoms with Gasteiger partial charge in [-0.05, 0) is 12.5 Å². The average molecular weight is 207 g/mol. The molecule has 1 aromatic carbocycles. The van der Waals surface area contributed by atoms with Gasteiger partial charge < -0.3 is 4.90 Å². The third-order valence-corrected chi connectivity index (χ3v) is 1.94. The predicted octanol–water partition coefficient (Wildman–Crippen LogP) is 2.65. The molecule has 0 heterocycles. The SMILES string of the molecule is CC.Cc1cccc(CC(=O)N(C)C)c1. The normalized spacial score (nSPS) is 8.87. The number of carbonyl (C=O) groups is 1. The predicted molar refractivity (Wildman–Crippen MR) is 64.9 cm³/mol. The van der Waals surface area contributed by atoms with Crippen LogP contribution in [0, 0.1) is 6.92 Å². The molecule has 1 aromatic rings. The van der Waals surface area contributed by atoms with E-state index in [4.69, 9.17) is 0 Å². The minimum absolute atomic E-state index is 0.144. The summed E-state index contributed by atoms with van der Waals surface area (Å²) in [5, 5.41) is 0. The van der Waals surface area contributed by atoms with Crippen LogP contribution < -0.4 is 0 Å². The lowest BCUT2D eigenvalue weighted by Crippen LogP contribution is -2.23. The lowest BCUT2D eigenvalue weighted by atomic mass is 10.1. The van der Waals surface area contributed by atoms with Crippen molar-refractivity contribution in [1.82, 2.24) is 4.90 Å². The molecule has 84 valence electrons. The van der Waals surface area contributed by atoms with Gasteiger partial charge in [-0.15, -0.1) is 0 Å². The molecule has 0 spiro atoms. The fourth-order valence-electron chi connectivity index (χ4n) is 1.15. The molecule has 0 fully saturated rings. The summed E-state index contributed by atoms with van der Waals surface area (Å²) in [6.45, 7) is 6.03. The van der Waals surface area contributed by atoms with E-state index in [-0.39, 0.29) is 5.91 Å². The highest BCUT2D eigenvalue weighted by atomic mass is 16.2. The van der Waals surface area contributed by atoms with E-state index in [0.717, 1.165) is 5.56 Å². The molecule has 2 heteroatoms. The molecule has 0 aliphatic heterocycles. The number of likely N-dealkylation sites (N-methyl/N-ethyl adjacent to an activating group) is 1. The molecule has 1 rings (SSSR count). The van der Waals surface area contributed by atoms with Gasteiger partial charge >= 0.3 is 0 Å². The maximum atomic E-state index is 11.3. The van der Waals surface area contributed by atoms with Crippen molar-refractivity contribution in [3.63, 3.8) is 0 Å². The molecule has 0 aliphatic carbocycles. The molecule has 2 nitrogen and oxygen atoms in total. The summed E-state index contributed by atoms with van der Waals surface area (Å²) < 4.78 is 0. The van der Waals surface area contributed by atoms with Gasteiger partial charge in [0, 0.05) is 14.1 Å². The number of nitrogens with zero attached hydrogens (tertiary/aromatic N) is 1. The van der Waals surface area contributed by atoms with Crippen LogP contribution in [0.5, 0.6) is 0 Å². The Morgan fingerprint density at radius 3 is 2.33 bits per heavy atom. The van der Waals surface area contributed by atoms with Crippen molar-refractivity contribution in [3.05, 3.63) is 35.4 Å². The van der Waals surface area contributed by atoms with E-state index in [1.54, 1.807) is 19.0 Å². The quantitative estimate of drug-likeness (QED) is 0.730. The van der Waals surface area contributed by atoms with Gasteiger partial charge in [0.1, 0.15) is 0 Å². The smallest absolute Gasteiger partial charge is 0.226 e. The highest BCUT2D eigenvalue weighted by Crippen LogP contribution is 2.05. The van der Waals surface area contributed by atoms with Crippen molar-refractivity contribution in [1.29, 1.82) is 0 Å². The van der Waals surface area contributed by atoms with E-state index in [1.165, 1.54) is 5.56 Å². The maximum Gasteiger partial charge on any atom is 0.226 e. The first-order valence-electron chi connectivity index (χ1n) is 5.35. The number of amides is 1. The molecule has 0 bridgehead atoms. The molecular formula is C13H21NO. The number of hydrogen-bond acceptors (Lipinski definition) is 1. The van der Waals surface area contributed by atoms with Gasteiger partial charge in [-0.3, -0.25) is 4.79 Å². The minimum Gasteiger partial charge on any atom is -0.349 e. The van der Waals surface area contributed by atoms with Crippen molar-refractivity contribution in [2.45, 2.75) is 27.2 Å². The van der Waals surface area contributed by atoms with Crippen LogP contribution in [0.4, 0.5) is 0 Å². The van der Waals surface area contributed by atoms with Crippen LogP contribution in [-0.2, 0) is 11.2 Å². The second kappa shape index (κ2) is 7.04. The molecule has 0 aromatic heterocycles. The number of aryl methyl sites for hydroxylation is 1. The van der Waals surface area contributed by atoms with Crippen LogP contribution in [0.25, 0.3) is 0 Å². The van der Waals surface area contributed by atoms with E-state index in [9.17, 15) is 4.79 Å². The van der Waals surface area contributed by atoms with Gasteiger partial charge in [-0.2, -0.15) is 0 Å². The summed E-state index contributed by atoms with van der Waals surface area (Å²) in [7, 11) is 3.55. The molecule has 0 atom stereocenters. The van der Waals surface area contributed by atoms with Crippen molar-refractivity contribution < 1.29 is 4.79 Å². The molecule has 0 radical (unpaired) electrons. The summed E-state index contributed by atoms with van der Waals surface area (Å²) in [6, 6.07) is 8.03. The largest absolute Gasteiger partial charge is 0.349 e. The Morgan fingerprint density at radius 1 is 1.27 bits per heavy atom. The van der Waals surface area contributed by atoms with Gasteiger partial charge in [-0.1, -0.05) is 43.7 Å². The topological polar surface area (TPSA) is 20.3 Å². The Kier molecular flexibility index (Phi) is 6.43. The third-order valence-electron chi connectivity index (χ3n) is 1.94. The Hall–Kier alpha value is -1.31. The first-order chi connectivity index (χ1) is 7.09. The highest BCUT2D eigenvalue weighted by Gasteiger charge is 2.04. The van der Waals surface area contributed by atoms with E-state index in [1.807, 2.05) is 45.0 Å². The molecular weight excluding hydrogens is 186 g/mol.